The number of aliphatic imine (C=N–C) groups is 1. The first-order valence-electron chi connectivity index (χ1n) is 14.0. The van der Waals surface area contributed by atoms with E-state index in [-0.39, 0.29) is 0 Å². The van der Waals surface area contributed by atoms with Crippen molar-refractivity contribution < 1.29 is 0 Å². The molecule has 0 atom stereocenters. The molecule has 0 aromatic carbocycles. The molecule has 0 amide bonds. The molecule has 0 saturated heterocycles. The van der Waals surface area contributed by atoms with Gasteiger partial charge in [0.25, 0.3) is 0 Å². The first-order valence-corrected chi connectivity index (χ1v) is 14.0. The van der Waals surface area contributed by atoms with Crippen LogP contribution in [0.2, 0.25) is 0 Å². The SMILES string of the molecule is C=CN=C(c1ccccn1)c1nc(-c2n[nH]c3cnc(-c4cncc(NC(=C)CC5CCCCC5)c4)cc23)[nH]c1C. The molecule has 206 valence electrons. The Bertz CT molecular complexity index is 1720. The lowest BCUT2D eigenvalue weighted by atomic mass is 9.86. The van der Waals surface area contributed by atoms with Crippen molar-refractivity contribution in [2.75, 3.05) is 5.32 Å². The van der Waals surface area contributed by atoms with Gasteiger partial charge in [0, 0.05) is 40.9 Å². The average molecular weight is 544 g/mol. The average Bonchev–Trinajstić information content (AvgIpc) is 3.59. The first-order chi connectivity index (χ1) is 20.1. The van der Waals surface area contributed by atoms with E-state index >= 15 is 0 Å². The van der Waals surface area contributed by atoms with Crippen LogP contribution in [0.4, 0.5) is 5.69 Å². The Balaban J connectivity index is 1.28. The molecule has 6 rings (SSSR count). The number of anilines is 1. The fourth-order valence-corrected chi connectivity index (χ4v) is 5.54. The molecule has 3 N–H and O–H groups in total. The van der Waals surface area contributed by atoms with Crippen molar-refractivity contribution in [2.45, 2.75) is 45.4 Å². The zero-order valence-corrected chi connectivity index (χ0v) is 23.2. The number of pyridine rings is 3. The number of hydrogen-bond acceptors (Lipinski definition) is 7. The zero-order valence-electron chi connectivity index (χ0n) is 23.2. The number of fused-ring (bicyclic) bond motifs is 1. The number of allylic oxidation sites excluding steroid dienone is 1. The van der Waals surface area contributed by atoms with E-state index in [2.05, 4.69) is 59.7 Å². The van der Waals surface area contributed by atoms with Gasteiger partial charge in [0.1, 0.15) is 17.1 Å². The maximum absolute atomic E-state index is 4.89. The number of nitrogens with one attached hydrogen (secondary N) is 3. The van der Waals surface area contributed by atoms with Gasteiger partial charge in [-0.25, -0.2) is 4.98 Å². The summed E-state index contributed by atoms with van der Waals surface area (Å²) in [5.74, 6) is 1.35. The van der Waals surface area contributed by atoms with Crippen LogP contribution >= 0.6 is 0 Å². The quantitative estimate of drug-likeness (QED) is 0.172. The standard InChI is InChI=1S/C32H33N9/c1-4-34-31(26-12-8-9-13-35-26)29-21(3)38-32(39-29)30-25-16-27(36-19-28(25)40-41-30)23-15-24(18-33-17-23)37-20(2)14-22-10-6-5-7-11-22/h4,8-9,12-13,15-19,22,37H,1-2,5-7,10-11,14H2,3H3,(H,38,39)(H,40,41). The third-order valence-electron chi connectivity index (χ3n) is 7.52. The second-order valence-corrected chi connectivity index (χ2v) is 10.5. The molecule has 1 aliphatic rings. The summed E-state index contributed by atoms with van der Waals surface area (Å²) in [5, 5.41) is 12.0. The maximum atomic E-state index is 4.89. The van der Waals surface area contributed by atoms with Gasteiger partial charge in [-0.05, 0) is 43.5 Å². The zero-order chi connectivity index (χ0) is 28.2. The molecule has 0 spiro atoms. The van der Waals surface area contributed by atoms with Crippen LogP contribution in [0.25, 0.3) is 33.7 Å². The van der Waals surface area contributed by atoms with Crippen molar-refractivity contribution >= 4 is 22.3 Å². The van der Waals surface area contributed by atoms with Crippen LogP contribution in [-0.4, -0.2) is 40.8 Å². The third-order valence-corrected chi connectivity index (χ3v) is 7.52. The van der Waals surface area contributed by atoms with Crippen LogP contribution in [-0.2, 0) is 0 Å². The highest BCUT2D eigenvalue weighted by molar-refractivity contribution is 6.11. The number of hydrogen-bond donors (Lipinski definition) is 3. The van der Waals surface area contributed by atoms with Crippen molar-refractivity contribution in [1.29, 1.82) is 0 Å². The molecule has 0 bridgehead atoms. The highest BCUT2D eigenvalue weighted by Gasteiger charge is 2.20. The Kier molecular flexibility index (Phi) is 7.49. The van der Waals surface area contributed by atoms with Crippen molar-refractivity contribution in [3.8, 4) is 22.8 Å². The van der Waals surface area contributed by atoms with Crippen LogP contribution in [0.3, 0.4) is 0 Å². The van der Waals surface area contributed by atoms with E-state index in [4.69, 9.17) is 4.98 Å². The molecule has 5 heterocycles. The predicted octanol–water partition coefficient (Wildman–Crippen LogP) is 6.99. The molecule has 9 nitrogen and oxygen atoms in total. The number of rotatable bonds is 9. The summed E-state index contributed by atoms with van der Waals surface area (Å²) in [4.78, 5) is 26.4. The first kappa shape index (κ1) is 26.3. The number of nitrogens with zero attached hydrogens (tertiary/aromatic N) is 6. The minimum Gasteiger partial charge on any atom is -0.358 e. The Morgan fingerprint density at radius 1 is 1.12 bits per heavy atom. The lowest BCUT2D eigenvalue weighted by Crippen LogP contribution is -2.10. The third kappa shape index (κ3) is 5.70. The second kappa shape index (κ2) is 11.7. The van der Waals surface area contributed by atoms with Crippen LogP contribution < -0.4 is 5.32 Å². The summed E-state index contributed by atoms with van der Waals surface area (Å²) in [6, 6.07) is 9.77. The minimum atomic E-state index is 0.626. The van der Waals surface area contributed by atoms with E-state index in [0.717, 1.165) is 51.6 Å². The van der Waals surface area contributed by atoms with Crippen molar-refractivity contribution in [3.05, 3.63) is 97.3 Å². The summed E-state index contributed by atoms with van der Waals surface area (Å²) in [6.07, 6.45) is 16.3. The molecule has 5 aromatic heterocycles. The van der Waals surface area contributed by atoms with Gasteiger partial charge < -0.3 is 10.3 Å². The second-order valence-electron chi connectivity index (χ2n) is 10.5. The number of H-pyrrole nitrogens is 2. The van der Waals surface area contributed by atoms with Crippen LogP contribution in [0.1, 0.15) is 55.6 Å². The summed E-state index contributed by atoms with van der Waals surface area (Å²) in [5.41, 5.74) is 8.05. The number of aryl methyl sites for hydroxylation is 1. The predicted molar refractivity (Wildman–Crippen MR) is 163 cm³/mol. The molecule has 0 unspecified atom stereocenters. The topological polar surface area (TPSA) is 120 Å². The molecule has 0 aliphatic heterocycles. The fraction of sp³-hybridized carbons (Fsp3) is 0.250. The smallest absolute Gasteiger partial charge is 0.159 e. The molecular formula is C32H33N9. The molecule has 1 saturated carbocycles. The fourth-order valence-electron chi connectivity index (χ4n) is 5.54. The normalized spacial score (nSPS) is 14.3. The number of imidazole rings is 1. The lowest BCUT2D eigenvalue weighted by Gasteiger charge is -2.22. The van der Waals surface area contributed by atoms with Gasteiger partial charge in [-0.1, -0.05) is 51.3 Å². The molecule has 9 heteroatoms. The van der Waals surface area contributed by atoms with Gasteiger partial charge in [0.2, 0.25) is 0 Å². The monoisotopic (exact) mass is 543 g/mol. The summed E-state index contributed by atoms with van der Waals surface area (Å²) < 4.78 is 0. The summed E-state index contributed by atoms with van der Waals surface area (Å²) in [6.45, 7) is 10.0. The lowest BCUT2D eigenvalue weighted by molar-refractivity contribution is 0.357. The Labute approximate surface area is 239 Å². The van der Waals surface area contributed by atoms with Gasteiger partial charge in [-0.3, -0.25) is 25.0 Å². The van der Waals surface area contributed by atoms with Crippen molar-refractivity contribution in [2.24, 2.45) is 10.9 Å². The highest BCUT2D eigenvalue weighted by atomic mass is 15.1. The molecule has 1 fully saturated rings. The van der Waals surface area contributed by atoms with Crippen molar-refractivity contribution in [1.82, 2.24) is 35.1 Å². The van der Waals surface area contributed by atoms with E-state index in [1.807, 2.05) is 43.6 Å². The molecule has 41 heavy (non-hydrogen) atoms. The largest absolute Gasteiger partial charge is 0.358 e. The van der Waals surface area contributed by atoms with E-state index in [9.17, 15) is 0 Å². The number of aromatic nitrogens is 7. The molecular weight excluding hydrogens is 510 g/mol. The summed E-state index contributed by atoms with van der Waals surface area (Å²) in [7, 11) is 0. The molecule has 1 aliphatic carbocycles. The minimum absolute atomic E-state index is 0.626. The Morgan fingerprint density at radius 2 is 2.00 bits per heavy atom. The van der Waals surface area contributed by atoms with Gasteiger partial charge in [0.05, 0.1) is 35.0 Å². The summed E-state index contributed by atoms with van der Waals surface area (Å²) >= 11 is 0. The van der Waals surface area contributed by atoms with Gasteiger partial charge in [-0.15, -0.1) is 0 Å². The van der Waals surface area contributed by atoms with E-state index in [1.54, 1.807) is 12.4 Å². The molecule has 0 radical (unpaired) electrons. The Hall–Kier alpha value is -4.92. The van der Waals surface area contributed by atoms with Crippen LogP contribution in [0.5, 0.6) is 0 Å². The van der Waals surface area contributed by atoms with Crippen molar-refractivity contribution in [3.63, 3.8) is 0 Å². The Morgan fingerprint density at radius 3 is 2.80 bits per heavy atom. The van der Waals surface area contributed by atoms with E-state index in [1.165, 1.54) is 38.3 Å². The highest BCUT2D eigenvalue weighted by Crippen LogP contribution is 2.31. The van der Waals surface area contributed by atoms with Gasteiger partial charge >= 0.3 is 0 Å². The van der Waals surface area contributed by atoms with E-state index in [0.29, 0.717) is 28.6 Å². The van der Waals surface area contributed by atoms with Gasteiger partial charge in [0.15, 0.2) is 5.82 Å². The van der Waals surface area contributed by atoms with Gasteiger partial charge in [-0.2, -0.15) is 5.10 Å². The van der Waals surface area contributed by atoms with Crippen LogP contribution in [0, 0.1) is 12.8 Å². The van der Waals surface area contributed by atoms with Crippen LogP contribution in [0.15, 0.2) is 85.2 Å². The maximum Gasteiger partial charge on any atom is 0.159 e. The number of aromatic amines is 2. The van der Waals surface area contributed by atoms with E-state index < -0.39 is 0 Å². The molecule has 5 aromatic rings.